The summed E-state index contributed by atoms with van der Waals surface area (Å²) in [4.78, 5) is 10.5. The molecule has 1 aliphatic rings. The van der Waals surface area contributed by atoms with E-state index in [1.807, 2.05) is 12.2 Å². The molecule has 1 saturated heterocycles. The van der Waals surface area contributed by atoms with Gasteiger partial charge in [-0.15, -0.1) is 0 Å². The van der Waals surface area contributed by atoms with Crippen LogP contribution in [0.2, 0.25) is 0 Å². The SMILES string of the molecule is CCCCC(C)(C)CC=C(O)[C@H]1[C@@H](O)C[S@](=O)[C@H]1CC=CCCCC(=O)O. The molecule has 0 spiro atoms. The summed E-state index contributed by atoms with van der Waals surface area (Å²) in [5, 5.41) is 29.2. The van der Waals surface area contributed by atoms with Crippen LogP contribution in [-0.4, -0.2) is 42.6 Å². The highest BCUT2D eigenvalue weighted by Crippen LogP contribution is 2.34. The first-order valence-electron chi connectivity index (χ1n) is 9.99. The molecule has 3 N–H and O–H groups in total. The van der Waals surface area contributed by atoms with Crippen molar-refractivity contribution in [3.63, 3.8) is 0 Å². The Morgan fingerprint density at radius 3 is 2.56 bits per heavy atom. The number of carboxylic acid groups (broad SMARTS) is 1. The molecule has 0 aliphatic carbocycles. The second kappa shape index (κ2) is 11.6. The first kappa shape index (κ1) is 23.9. The van der Waals surface area contributed by atoms with Gasteiger partial charge in [-0.1, -0.05) is 45.8 Å². The Labute approximate surface area is 166 Å². The fourth-order valence-electron chi connectivity index (χ4n) is 3.44. The summed E-state index contributed by atoms with van der Waals surface area (Å²) >= 11 is 0. The molecule has 4 atom stereocenters. The van der Waals surface area contributed by atoms with Crippen LogP contribution in [0.15, 0.2) is 24.0 Å². The number of aliphatic carboxylic acids is 1. The summed E-state index contributed by atoms with van der Waals surface area (Å²) in [6.07, 6.45) is 10.8. The number of aliphatic hydroxyl groups is 2. The van der Waals surface area contributed by atoms with E-state index in [0.717, 1.165) is 25.7 Å². The van der Waals surface area contributed by atoms with Gasteiger partial charge in [0.25, 0.3) is 0 Å². The predicted molar refractivity (Wildman–Crippen MR) is 110 cm³/mol. The molecule has 1 aliphatic heterocycles. The molecule has 0 radical (unpaired) electrons. The van der Waals surface area contributed by atoms with Crippen LogP contribution < -0.4 is 0 Å². The normalized spacial score (nSPS) is 26.7. The van der Waals surface area contributed by atoms with E-state index in [0.29, 0.717) is 19.3 Å². The van der Waals surface area contributed by atoms with Crippen LogP contribution in [0.5, 0.6) is 0 Å². The van der Waals surface area contributed by atoms with Gasteiger partial charge in [-0.2, -0.15) is 0 Å². The van der Waals surface area contributed by atoms with E-state index in [-0.39, 0.29) is 28.6 Å². The molecule has 1 heterocycles. The van der Waals surface area contributed by atoms with Crippen molar-refractivity contribution >= 4 is 16.8 Å². The highest BCUT2D eigenvalue weighted by Gasteiger charge is 2.42. The Morgan fingerprint density at radius 1 is 1.22 bits per heavy atom. The van der Waals surface area contributed by atoms with E-state index in [2.05, 4.69) is 20.8 Å². The maximum atomic E-state index is 12.4. The molecule has 0 aromatic carbocycles. The van der Waals surface area contributed by atoms with Gasteiger partial charge in [0, 0.05) is 17.2 Å². The van der Waals surface area contributed by atoms with Crippen molar-refractivity contribution in [1.82, 2.24) is 0 Å². The van der Waals surface area contributed by atoms with E-state index < -0.39 is 28.8 Å². The Balaban J connectivity index is 2.66. The van der Waals surface area contributed by atoms with Gasteiger partial charge in [0.15, 0.2) is 0 Å². The zero-order valence-electron chi connectivity index (χ0n) is 16.9. The fraction of sp³-hybridized carbons (Fsp3) is 0.762. The number of aliphatic hydroxyl groups excluding tert-OH is 2. The molecule has 0 amide bonds. The molecule has 6 heteroatoms. The van der Waals surface area contributed by atoms with Gasteiger partial charge >= 0.3 is 5.97 Å². The lowest BCUT2D eigenvalue weighted by Crippen LogP contribution is -2.26. The van der Waals surface area contributed by atoms with Gasteiger partial charge in [-0.05, 0) is 43.6 Å². The second-order valence-corrected chi connectivity index (χ2v) is 9.97. The largest absolute Gasteiger partial charge is 0.512 e. The van der Waals surface area contributed by atoms with Crippen molar-refractivity contribution < 1.29 is 24.3 Å². The van der Waals surface area contributed by atoms with Crippen LogP contribution in [0.25, 0.3) is 0 Å². The average molecular weight is 401 g/mol. The Kier molecular flexibility index (Phi) is 10.3. The molecule has 27 heavy (non-hydrogen) atoms. The minimum atomic E-state index is -1.18. The number of carboxylic acids is 1. The van der Waals surface area contributed by atoms with Crippen molar-refractivity contribution in [3.8, 4) is 0 Å². The van der Waals surface area contributed by atoms with E-state index in [1.54, 1.807) is 6.08 Å². The Bertz CT molecular complexity index is 553. The van der Waals surface area contributed by atoms with Crippen molar-refractivity contribution in [2.75, 3.05) is 5.75 Å². The summed E-state index contributed by atoms with van der Waals surface area (Å²) in [6.45, 7) is 6.51. The third-order valence-corrected chi connectivity index (χ3v) is 7.03. The van der Waals surface area contributed by atoms with Crippen LogP contribution in [0, 0.1) is 11.3 Å². The quantitative estimate of drug-likeness (QED) is 0.257. The monoisotopic (exact) mass is 400 g/mol. The van der Waals surface area contributed by atoms with Crippen LogP contribution >= 0.6 is 0 Å². The maximum Gasteiger partial charge on any atom is 0.303 e. The van der Waals surface area contributed by atoms with Gasteiger partial charge in [0.1, 0.15) is 0 Å². The van der Waals surface area contributed by atoms with Gasteiger partial charge in [-0.25, -0.2) is 0 Å². The number of rotatable bonds is 12. The highest BCUT2D eigenvalue weighted by molar-refractivity contribution is 7.86. The zero-order valence-corrected chi connectivity index (χ0v) is 17.7. The number of allylic oxidation sites excluding steroid dienone is 3. The van der Waals surface area contributed by atoms with Crippen LogP contribution in [-0.2, 0) is 15.6 Å². The highest BCUT2D eigenvalue weighted by atomic mass is 32.2. The number of carbonyl (C=O) groups is 1. The fourth-order valence-corrected chi connectivity index (χ4v) is 5.21. The lowest BCUT2D eigenvalue weighted by atomic mass is 9.83. The molecule has 0 unspecified atom stereocenters. The summed E-state index contributed by atoms with van der Waals surface area (Å²) in [5.74, 6) is -0.946. The minimum Gasteiger partial charge on any atom is -0.512 e. The number of hydrogen-bond donors (Lipinski definition) is 3. The van der Waals surface area contributed by atoms with Gasteiger partial charge < -0.3 is 15.3 Å². The third-order valence-electron chi connectivity index (χ3n) is 5.20. The van der Waals surface area contributed by atoms with Gasteiger partial charge in [0.05, 0.1) is 28.8 Å². The van der Waals surface area contributed by atoms with Gasteiger partial charge in [-0.3, -0.25) is 9.00 Å². The van der Waals surface area contributed by atoms with E-state index in [4.69, 9.17) is 5.11 Å². The van der Waals surface area contributed by atoms with E-state index in [1.165, 1.54) is 0 Å². The second-order valence-electron chi connectivity index (χ2n) is 8.27. The maximum absolute atomic E-state index is 12.4. The van der Waals surface area contributed by atoms with Crippen molar-refractivity contribution in [1.29, 1.82) is 0 Å². The van der Waals surface area contributed by atoms with Gasteiger partial charge in [0.2, 0.25) is 0 Å². The van der Waals surface area contributed by atoms with E-state index in [9.17, 15) is 19.2 Å². The topological polar surface area (TPSA) is 94.8 Å². The molecule has 0 aromatic rings. The lowest BCUT2D eigenvalue weighted by Gasteiger charge is -2.24. The van der Waals surface area contributed by atoms with Crippen LogP contribution in [0.4, 0.5) is 0 Å². The smallest absolute Gasteiger partial charge is 0.303 e. The molecule has 1 fully saturated rings. The molecule has 5 nitrogen and oxygen atoms in total. The van der Waals surface area contributed by atoms with Crippen molar-refractivity contribution in [2.24, 2.45) is 11.3 Å². The van der Waals surface area contributed by atoms with Crippen molar-refractivity contribution in [3.05, 3.63) is 24.0 Å². The summed E-state index contributed by atoms with van der Waals surface area (Å²) in [7, 11) is -1.18. The predicted octanol–water partition coefficient (Wildman–Crippen LogP) is 4.34. The number of hydrogen-bond acceptors (Lipinski definition) is 4. The van der Waals surface area contributed by atoms with E-state index >= 15 is 0 Å². The summed E-state index contributed by atoms with van der Waals surface area (Å²) < 4.78 is 12.4. The molecular weight excluding hydrogens is 364 g/mol. The minimum absolute atomic E-state index is 0.0895. The van der Waals surface area contributed by atoms with Crippen LogP contribution in [0.1, 0.15) is 72.1 Å². The Morgan fingerprint density at radius 2 is 1.93 bits per heavy atom. The lowest BCUT2D eigenvalue weighted by molar-refractivity contribution is -0.137. The summed E-state index contributed by atoms with van der Waals surface area (Å²) in [6, 6.07) is 0. The van der Waals surface area contributed by atoms with Crippen molar-refractivity contribution in [2.45, 2.75) is 83.5 Å². The number of unbranched alkanes of at least 4 members (excludes halogenated alkanes) is 2. The molecule has 0 saturated carbocycles. The molecule has 156 valence electrons. The van der Waals surface area contributed by atoms with Crippen LogP contribution in [0.3, 0.4) is 0 Å². The standard InChI is InChI=1S/C21H36O5S/c1-4-5-13-21(2,3)14-12-16(22)20-17(23)15-27(26)18(20)10-8-6-7-9-11-19(24)25/h6,8,12,17-18,20,22-23H,4-5,7,9-11,13-15H2,1-3H3,(H,24,25)/t17-,18-,20-,27-/m0/s1. The third kappa shape index (κ3) is 8.60. The first-order valence-corrected chi connectivity index (χ1v) is 11.4. The molecular formula is C21H36O5S. The molecule has 0 aromatic heterocycles. The molecule has 0 bridgehead atoms. The average Bonchev–Trinajstić information content (AvgIpc) is 2.87. The molecule has 1 rings (SSSR count). The first-order chi connectivity index (χ1) is 12.7. The summed E-state index contributed by atoms with van der Waals surface area (Å²) in [5.41, 5.74) is 0.0895. The zero-order chi connectivity index (χ0) is 20.4. The Hall–Kier alpha value is -1.14.